The Morgan fingerprint density at radius 2 is 2.23 bits per heavy atom. The van der Waals surface area contributed by atoms with E-state index in [9.17, 15) is 4.79 Å². The standard InChI is InChI=1S/C10H8INO/c1-2-10(13)8-3-7(6-12)4-9(11)5-8/h3-5H,2H2,1H3. The largest absolute Gasteiger partial charge is 0.294 e. The predicted octanol–water partition coefficient (Wildman–Crippen LogP) is 2.76. The van der Waals surface area contributed by atoms with Gasteiger partial charge in [0.15, 0.2) is 5.78 Å². The third kappa shape index (κ3) is 2.52. The monoisotopic (exact) mass is 285 g/mol. The summed E-state index contributed by atoms with van der Waals surface area (Å²) in [5, 5.41) is 8.68. The lowest BCUT2D eigenvalue weighted by Crippen LogP contribution is -1.97. The lowest BCUT2D eigenvalue weighted by molar-refractivity contribution is 0.0988. The van der Waals surface area contributed by atoms with Gasteiger partial charge in [-0.25, -0.2) is 0 Å². The first-order valence-corrected chi connectivity index (χ1v) is 4.99. The number of nitriles is 1. The third-order valence-corrected chi connectivity index (χ3v) is 2.29. The van der Waals surface area contributed by atoms with Gasteiger partial charge in [0.1, 0.15) is 0 Å². The van der Waals surface area contributed by atoms with Crippen LogP contribution in [-0.4, -0.2) is 5.78 Å². The van der Waals surface area contributed by atoms with Gasteiger partial charge in [-0.1, -0.05) is 6.92 Å². The molecule has 0 saturated carbocycles. The van der Waals surface area contributed by atoms with Crippen LogP contribution in [0.25, 0.3) is 0 Å². The molecule has 0 aromatic heterocycles. The van der Waals surface area contributed by atoms with E-state index < -0.39 is 0 Å². The van der Waals surface area contributed by atoms with Crippen molar-refractivity contribution in [1.82, 2.24) is 0 Å². The number of hydrogen-bond donors (Lipinski definition) is 0. The average Bonchev–Trinajstić information content (AvgIpc) is 2.15. The van der Waals surface area contributed by atoms with E-state index in [-0.39, 0.29) is 5.78 Å². The minimum absolute atomic E-state index is 0.0787. The molecule has 0 aliphatic carbocycles. The maximum Gasteiger partial charge on any atom is 0.162 e. The zero-order valence-electron chi connectivity index (χ0n) is 7.17. The van der Waals surface area contributed by atoms with E-state index in [2.05, 4.69) is 22.6 Å². The molecule has 0 amide bonds. The molecule has 0 saturated heterocycles. The first kappa shape index (κ1) is 10.2. The van der Waals surface area contributed by atoms with E-state index in [0.29, 0.717) is 17.5 Å². The molecule has 1 rings (SSSR count). The Bertz CT molecular complexity index is 379. The van der Waals surface area contributed by atoms with Gasteiger partial charge in [-0.3, -0.25) is 4.79 Å². The van der Waals surface area contributed by atoms with Crippen LogP contribution in [0.4, 0.5) is 0 Å². The van der Waals surface area contributed by atoms with Crippen molar-refractivity contribution < 1.29 is 4.79 Å². The van der Waals surface area contributed by atoms with Gasteiger partial charge in [-0.05, 0) is 40.8 Å². The van der Waals surface area contributed by atoms with Crippen molar-refractivity contribution in [2.75, 3.05) is 0 Å². The molecule has 0 bridgehead atoms. The highest BCUT2D eigenvalue weighted by atomic mass is 127. The quantitative estimate of drug-likeness (QED) is 0.619. The van der Waals surface area contributed by atoms with Crippen LogP contribution in [-0.2, 0) is 0 Å². The summed E-state index contributed by atoms with van der Waals surface area (Å²) in [6, 6.07) is 7.22. The Morgan fingerprint density at radius 3 is 2.77 bits per heavy atom. The smallest absolute Gasteiger partial charge is 0.162 e. The number of benzene rings is 1. The number of carbonyl (C=O) groups is 1. The highest BCUT2D eigenvalue weighted by Gasteiger charge is 2.05. The number of halogens is 1. The van der Waals surface area contributed by atoms with Gasteiger partial charge in [0.25, 0.3) is 0 Å². The summed E-state index contributed by atoms with van der Waals surface area (Å²) in [5.41, 5.74) is 1.18. The number of ketones is 1. The topological polar surface area (TPSA) is 40.9 Å². The highest BCUT2D eigenvalue weighted by Crippen LogP contribution is 2.13. The fourth-order valence-electron chi connectivity index (χ4n) is 1.02. The number of hydrogen-bond acceptors (Lipinski definition) is 2. The Balaban J connectivity index is 3.17. The molecule has 0 aliphatic heterocycles. The van der Waals surface area contributed by atoms with Crippen molar-refractivity contribution in [3.8, 4) is 6.07 Å². The number of Topliss-reactive ketones (excluding diaryl/α,β-unsaturated/α-hetero) is 1. The van der Waals surface area contributed by atoms with E-state index in [1.165, 1.54) is 0 Å². The van der Waals surface area contributed by atoms with Gasteiger partial charge in [0.2, 0.25) is 0 Å². The molecule has 3 heteroatoms. The van der Waals surface area contributed by atoms with Gasteiger partial charge >= 0.3 is 0 Å². The summed E-state index contributed by atoms with van der Waals surface area (Å²) in [4.78, 5) is 11.3. The molecule has 0 aliphatic rings. The summed E-state index contributed by atoms with van der Waals surface area (Å²) in [7, 11) is 0. The molecule has 0 atom stereocenters. The van der Waals surface area contributed by atoms with Crippen LogP contribution in [0.2, 0.25) is 0 Å². The highest BCUT2D eigenvalue weighted by molar-refractivity contribution is 14.1. The first-order valence-electron chi connectivity index (χ1n) is 3.91. The van der Waals surface area contributed by atoms with Gasteiger partial charge in [-0.15, -0.1) is 0 Å². The second-order valence-corrected chi connectivity index (χ2v) is 3.86. The minimum atomic E-state index is 0.0787. The molecule has 13 heavy (non-hydrogen) atoms. The molecular weight excluding hydrogens is 277 g/mol. The van der Waals surface area contributed by atoms with Crippen LogP contribution in [0.15, 0.2) is 18.2 Å². The van der Waals surface area contributed by atoms with Gasteiger partial charge in [-0.2, -0.15) is 5.26 Å². The van der Waals surface area contributed by atoms with E-state index in [1.807, 2.05) is 13.0 Å². The Hall–Kier alpha value is -0.890. The normalized spacial score (nSPS) is 9.31. The Morgan fingerprint density at radius 1 is 1.54 bits per heavy atom. The second-order valence-electron chi connectivity index (χ2n) is 2.62. The summed E-state index contributed by atoms with van der Waals surface area (Å²) in [6.45, 7) is 1.81. The van der Waals surface area contributed by atoms with Crippen molar-refractivity contribution >= 4 is 28.4 Å². The van der Waals surface area contributed by atoms with Gasteiger partial charge in [0.05, 0.1) is 11.6 Å². The maximum atomic E-state index is 11.3. The SMILES string of the molecule is CCC(=O)c1cc(I)cc(C#N)c1. The van der Waals surface area contributed by atoms with E-state index in [4.69, 9.17) is 5.26 Å². The molecule has 0 fully saturated rings. The minimum Gasteiger partial charge on any atom is -0.294 e. The van der Waals surface area contributed by atoms with Gasteiger partial charge < -0.3 is 0 Å². The second kappa shape index (κ2) is 4.38. The number of rotatable bonds is 2. The van der Waals surface area contributed by atoms with Crippen LogP contribution in [0.5, 0.6) is 0 Å². The molecule has 0 N–H and O–H groups in total. The fraction of sp³-hybridized carbons (Fsp3) is 0.200. The maximum absolute atomic E-state index is 11.3. The molecule has 1 aromatic rings. The number of carbonyl (C=O) groups excluding carboxylic acids is 1. The molecule has 0 radical (unpaired) electrons. The Labute approximate surface area is 90.7 Å². The predicted molar refractivity (Wildman–Crippen MR) is 58.5 cm³/mol. The fourth-order valence-corrected chi connectivity index (χ4v) is 1.69. The summed E-state index contributed by atoms with van der Waals surface area (Å²) >= 11 is 2.10. The van der Waals surface area contributed by atoms with Crippen LogP contribution < -0.4 is 0 Å². The van der Waals surface area contributed by atoms with E-state index >= 15 is 0 Å². The first-order chi connectivity index (χ1) is 6.17. The van der Waals surface area contributed by atoms with Crippen molar-refractivity contribution in [1.29, 1.82) is 5.26 Å². The van der Waals surface area contributed by atoms with Gasteiger partial charge in [0, 0.05) is 15.6 Å². The molecule has 0 heterocycles. The summed E-state index contributed by atoms with van der Waals surface area (Å²) in [6.07, 6.45) is 0.477. The zero-order chi connectivity index (χ0) is 9.84. The van der Waals surface area contributed by atoms with Crippen molar-refractivity contribution in [3.63, 3.8) is 0 Å². The molecule has 66 valence electrons. The van der Waals surface area contributed by atoms with Crippen molar-refractivity contribution in [3.05, 3.63) is 32.9 Å². The summed E-state index contributed by atoms with van der Waals surface area (Å²) < 4.78 is 0.924. The number of nitrogens with zero attached hydrogens (tertiary/aromatic N) is 1. The van der Waals surface area contributed by atoms with Crippen LogP contribution in [0.1, 0.15) is 29.3 Å². The molecule has 0 unspecified atom stereocenters. The molecule has 2 nitrogen and oxygen atoms in total. The summed E-state index contributed by atoms with van der Waals surface area (Å²) in [5.74, 6) is 0.0787. The van der Waals surface area contributed by atoms with Crippen molar-refractivity contribution in [2.45, 2.75) is 13.3 Å². The van der Waals surface area contributed by atoms with Crippen LogP contribution >= 0.6 is 22.6 Å². The molecule has 0 spiro atoms. The van der Waals surface area contributed by atoms with Crippen LogP contribution in [0, 0.1) is 14.9 Å². The average molecular weight is 285 g/mol. The lowest BCUT2D eigenvalue weighted by Gasteiger charge is -1.99. The molecule has 1 aromatic carbocycles. The van der Waals surface area contributed by atoms with E-state index in [0.717, 1.165) is 3.57 Å². The zero-order valence-corrected chi connectivity index (χ0v) is 9.33. The van der Waals surface area contributed by atoms with Crippen LogP contribution in [0.3, 0.4) is 0 Å². The van der Waals surface area contributed by atoms with E-state index in [1.54, 1.807) is 18.2 Å². The third-order valence-electron chi connectivity index (χ3n) is 1.67. The lowest BCUT2D eigenvalue weighted by atomic mass is 10.1. The Kier molecular flexibility index (Phi) is 3.43. The molecular formula is C10H8INO. The van der Waals surface area contributed by atoms with Crippen molar-refractivity contribution in [2.24, 2.45) is 0 Å².